The Kier molecular flexibility index (Phi) is 7.63. The van der Waals surface area contributed by atoms with Crippen LogP contribution in [0.1, 0.15) is 31.4 Å². The van der Waals surface area contributed by atoms with E-state index >= 15 is 0 Å². The molecule has 0 spiro atoms. The highest BCUT2D eigenvalue weighted by atomic mass is 19.1. The summed E-state index contributed by atoms with van der Waals surface area (Å²) in [5.41, 5.74) is 1.82. The van der Waals surface area contributed by atoms with Crippen molar-refractivity contribution in [1.29, 1.82) is 0 Å². The van der Waals surface area contributed by atoms with Crippen LogP contribution in [0.15, 0.2) is 48.5 Å². The van der Waals surface area contributed by atoms with E-state index in [1.807, 2.05) is 30.0 Å². The minimum absolute atomic E-state index is 0.0128. The van der Waals surface area contributed by atoms with Gasteiger partial charge in [0, 0.05) is 38.1 Å². The molecule has 2 aromatic rings. The standard InChI is InChI=1S/C24H29FN2O4/c1-17-14-27(18(2)13-26(17)15-19-7-10-21(25)11-8-19)23(28)16-31-22-6-4-3-5-20(22)9-12-24(29)30/h3-8,10-11,17-18H,9,12-16H2,1-2H3,(H,29,30). The molecule has 1 amide bonds. The van der Waals surface area contributed by atoms with Gasteiger partial charge in [0.2, 0.25) is 0 Å². The topological polar surface area (TPSA) is 70.1 Å². The first-order valence-corrected chi connectivity index (χ1v) is 10.5. The fraction of sp³-hybridized carbons (Fsp3) is 0.417. The van der Waals surface area contributed by atoms with E-state index in [4.69, 9.17) is 9.84 Å². The molecule has 0 saturated carbocycles. The van der Waals surface area contributed by atoms with Crippen LogP contribution in [0.25, 0.3) is 0 Å². The predicted octanol–water partition coefficient (Wildman–Crippen LogP) is 3.34. The molecule has 3 rings (SSSR count). The summed E-state index contributed by atoms with van der Waals surface area (Å²) in [6, 6.07) is 13.9. The van der Waals surface area contributed by atoms with Gasteiger partial charge in [-0.15, -0.1) is 0 Å². The molecule has 1 saturated heterocycles. The Labute approximate surface area is 182 Å². The number of piperazine rings is 1. The first kappa shape index (κ1) is 22.7. The van der Waals surface area contributed by atoms with E-state index in [1.165, 1.54) is 12.1 Å². The van der Waals surface area contributed by atoms with Crippen molar-refractivity contribution in [3.63, 3.8) is 0 Å². The summed E-state index contributed by atoms with van der Waals surface area (Å²) in [5, 5.41) is 8.91. The highest BCUT2D eigenvalue weighted by Gasteiger charge is 2.32. The Balaban J connectivity index is 1.56. The number of carbonyl (C=O) groups is 2. The van der Waals surface area contributed by atoms with Gasteiger partial charge in [-0.05, 0) is 49.6 Å². The molecule has 0 bridgehead atoms. The van der Waals surface area contributed by atoms with E-state index < -0.39 is 5.97 Å². The third kappa shape index (κ3) is 6.28. The van der Waals surface area contributed by atoms with Crippen molar-refractivity contribution in [3.8, 4) is 5.75 Å². The quantitative estimate of drug-likeness (QED) is 0.698. The Morgan fingerprint density at radius 1 is 1.06 bits per heavy atom. The number of hydrogen-bond acceptors (Lipinski definition) is 4. The van der Waals surface area contributed by atoms with Crippen molar-refractivity contribution >= 4 is 11.9 Å². The first-order chi connectivity index (χ1) is 14.8. The van der Waals surface area contributed by atoms with Crippen molar-refractivity contribution in [2.45, 2.75) is 45.3 Å². The van der Waals surface area contributed by atoms with Crippen LogP contribution in [0.4, 0.5) is 4.39 Å². The van der Waals surface area contributed by atoms with Gasteiger partial charge in [-0.2, -0.15) is 0 Å². The molecule has 2 atom stereocenters. The molecule has 2 aromatic carbocycles. The van der Waals surface area contributed by atoms with Crippen molar-refractivity contribution in [2.24, 2.45) is 0 Å². The van der Waals surface area contributed by atoms with Gasteiger partial charge in [-0.25, -0.2) is 4.39 Å². The molecule has 1 N–H and O–H groups in total. The average Bonchev–Trinajstić information content (AvgIpc) is 2.75. The van der Waals surface area contributed by atoms with Crippen LogP contribution in [0, 0.1) is 5.82 Å². The lowest BCUT2D eigenvalue weighted by Gasteiger charge is -2.44. The second-order valence-electron chi connectivity index (χ2n) is 8.09. The van der Waals surface area contributed by atoms with Gasteiger partial charge < -0.3 is 14.7 Å². The molecule has 31 heavy (non-hydrogen) atoms. The lowest BCUT2D eigenvalue weighted by Crippen LogP contribution is -2.58. The van der Waals surface area contributed by atoms with Crippen LogP contribution in [-0.2, 0) is 22.6 Å². The van der Waals surface area contributed by atoms with E-state index in [0.29, 0.717) is 25.3 Å². The zero-order valence-electron chi connectivity index (χ0n) is 18.0. The van der Waals surface area contributed by atoms with Crippen LogP contribution in [-0.4, -0.2) is 58.6 Å². The third-order valence-electron chi connectivity index (χ3n) is 5.67. The van der Waals surface area contributed by atoms with Gasteiger partial charge in [0.1, 0.15) is 11.6 Å². The molecule has 1 heterocycles. The SMILES string of the molecule is CC1CN(C(=O)COc2ccccc2CCC(=O)O)C(C)CN1Cc1ccc(F)cc1. The summed E-state index contributed by atoms with van der Waals surface area (Å²) >= 11 is 0. The summed E-state index contributed by atoms with van der Waals surface area (Å²) in [5.74, 6) is -0.654. The summed E-state index contributed by atoms with van der Waals surface area (Å²) in [6.45, 7) is 6.03. The number of carboxylic acids is 1. The summed E-state index contributed by atoms with van der Waals surface area (Å²) < 4.78 is 18.9. The number of benzene rings is 2. The van der Waals surface area contributed by atoms with Crippen LogP contribution >= 0.6 is 0 Å². The lowest BCUT2D eigenvalue weighted by atomic mass is 10.1. The molecular formula is C24H29FN2O4. The molecule has 7 heteroatoms. The first-order valence-electron chi connectivity index (χ1n) is 10.5. The zero-order valence-corrected chi connectivity index (χ0v) is 18.0. The number of nitrogens with zero attached hydrogens (tertiary/aromatic N) is 2. The molecule has 0 aromatic heterocycles. The van der Waals surface area contributed by atoms with Gasteiger partial charge >= 0.3 is 5.97 Å². The van der Waals surface area contributed by atoms with Gasteiger partial charge in [-0.3, -0.25) is 14.5 Å². The van der Waals surface area contributed by atoms with Crippen LogP contribution in [0.5, 0.6) is 5.75 Å². The van der Waals surface area contributed by atoms with Gasteiger partial charge in [0.25, 0.3) is 5.91 Å². The van der Waals surface area contributed by atoms with E-state index in [2.05, 4.69) is 11.8 Å². The third-order valence-corrected chi connectivity index (χ3v) is 5.67. The van der Waals surface area contributed by atoms with Crippen molar-refractivity contribution in [1.82, 2.24) is 9.80 Å². The van der Waals surface area contributed by atoms with Gasteiger partial charge in [0.05, 0.1) is 0 Å². The number of hydrogen-bond donors (Lipinski definition) is 1. The molecule has 1 fully saturated rings. The Morgan fingerprint density at radius 2 is 1.77 bits per heavy atom. The summed E-state index contributed by atoms with van der Waals surface area (Å²) in [4.78, 5) is 27.8. The number of carboxylic acid groups (broad SMARTS) is 1. The van der Waals surface area contributed by atoms with E-state index in [1.54, 1.807) is 18.2 Å². The van der Waals surface area contributed by atoms with E-state index in [9.17, 15) is 14.0 Å². The number of ether oxygens (including phenoxy) is 1. The molecule has 0 aliphatic carbocycles. The molecule has 2 unspecified atom stereocenters. The van der Waals surface area contributed by atoms with E-state index in [-0.39, 0.29) is 36.8 Å². The zero-order chi connectivity index (χ0) is 22.4. The van der Waals surface area contributed by atoms with Crippen LogP contribution in [0.2, 0.25) is 0 Å². The maximum atomic E-state index is 13.1. The second kappa shape index (κ2) is 10.4. The average molecular weight is 429 g/mol. The number of halogens is 1. The maximum absolute atomic E-state index is 13.1. The van der Waals surface area contributed by atoms with Gasteiger partial charge in [-0.1, -0.05) is 30.3 Å². The van der Waals surface area contributed by atoms with Crippen molar-refractivity contribution in [3.05, 3.63) is 65.5 Å². The number of aliphatic carboxylic acids is 1. The van der Waals surface area contributed by atoms with Crippen molar-refractivity contribution in [2.75, 3.05) is 19.7 Å². The minimum Gasteiger partial charge on any atom is -0.483 e. The van der Waals surface area contributed by atoms with Crippen molar-refractivity contribution < 1.29 is 23.8 Å². The Morgan fingerprint density at radius 3 is 2.48 bits per heavy atom. The smallest absolute Gasteiger partial charge is 0.303 e. The predicted molar refractivity (Wildman–Crippen MR) is 115 cm³/mol. The Bertz CT molecular complexity index is 903. The van der Waals surface area contributed by atoms with E-state index in [0.717, 1.165) is 17.7 Å². The molecule has 166 valence electrons. The molecule has 6 nitrogen and oxygen atoms in total. The molecule has 1 aliphatic rings. The second-order valence-corrected chi connectivity index (χ2v) is 8.09. The normalized spacial score (nSPS) is 19.3. The monoisotopic (exact) mass is 428 g/mol. The lowest BCUT2D eigenvalue weighted by molar-refractivity contribution is -0.139. The minimum atomic E-state index is -0.868. The van der Waals surface area contributed by atoms with Crippen LogP contribution < -0.4 is 4.74 Å². The number of rotatable bonds is 8. The fourth-order valence-corrected chi connectivity index (χ4v) is 3.91. The molecule has 0 radical (unpaired) electrons. The van der Waals surface area contributed by atoms with Gasteiger partial charge in [0.15, 0.2) is 6.61 Å². The number of para-hydroxylation sites is 1. The highest BCUT2D eigenvalue weighted by Crippen LogP contribution is 2.22. The van der Waals surface area contributed by atoms with Crippen LogP contribution in [0.3, 0.4) is 0 Å². The number of amides is 1. The summed E-state index contributed by atoms with van der Waals surface area (Å²) in [6.07, 6.45) is 0.369. The number of aryl methyl sites for hydroxylation is 1. The maximum Gasteiger partial charge on any atom is 0.303 e. The molecule has 1 aliphatic heterocycles. The summed E-state index contributed by atoms with van der Waals surface area (Å²) in [7, 11) is 0. The largest absolute Gasteiger partial charge is 0.483 e. The Hall–Kier alpha value is -2.93. The fourth-order valence-electron chi connectivity index (χ4n) is 3.91. The molecular weight excluding hydrogens is 399 g/mol. The number of carbonyl (C=O) groups excluding carboxylic acids is 1. The highest BCUT2D eigenvalue weighted by molar-refractivity contribution is 5.78.